The van der Waals surface area contributed by atoms with Crippen molar-refractivity contribution in [3.8, 4) is 22.1 Å². The lowest BCUT2D eigenvalue weighted by molar-refractivity contribution is 0.0564. The second kappa shape index (κ2) is 6.97. The van der Waals surface area contributed by atoms with Crippen molar-refractivity contribution in [1.29, 1.82) is 0 Å². The molecule has 138 valence electrons. The third-order valence-corrected chi connectivity index (χ3v) is 5.49. The summed E-state index contributed by atoms with van der Waals surface area (Å²) in [5.74, 6) is 0.973. The number of amides is 1. The molecule has 3 aromatic heterocycles. The van der Waals surface area contributed by atoms with Gasteiger partial charge in [0.25, 0.3) is 5.91 Å². The van der Waals surface area contributed by atoms with Crippen molar-refractivity contribution in [3.05, 3.63) is 71.7 Å². The summed E-state index contributed by atoms with van der Waals surface area (Å²) in [7, 11) is 0. The van der Waals surface area contributed by atoms with Gasteiger partial charge in [0.15, 0.2) is 0 Å². The van der Waals surface area contributed by atoms with Crippen LogP contribution in [0.3, 0.4) is 0 Å². The van der Waals surface area contributed by atoms with Crippen molar-refractivity contribution in [1.82, 2.24) is 25.0 Å². The van der Waals surface area contributed by atoms with Crippen LogP contribution in [0, 0.1) is 0 Å². The molecule has 0 N–H and O–H groups in total. The highest BCUT2D eigenvalue weighted by Gasteiger charge is 2.37. The predicted octanol–water partition coefficient (Wildman–Crippen LogP) is 3.49. The van der Waals surface area contributed by atoms with Gasteiger partial charge in [0, 0.05) is 30.2 Å². The van der Waals surface area contributed by atoms with E-state index >= 15 is 0 Å². The summed E-state index contributed by atoms with van der Waals surface area (Å²) in [6.45, 7) is 1.09. The molecule has 1 saturated heterocycles. The lowest BCUT2D eigenvalue weighted by atomic mass is 10.00. The van der Waals surface area contributed by atoms with Crippen LogP contribution < -0.4 is 0 Å². The Morgan fingerprint density at radius 1 is 1.07 bits per heavy atom. The average molecular weight is 389 g/mol. The van der Waals surface area contributed by atoms with Crippen LogP contribution in [0.4, 0.5) is 0 Å². The summed E-state index contributed by atoms with van der Waals surface area (Å²) in [6, 6.07) is 15.4. The Hall–Kier alpha value is -3.39. The number of thiazole rings is 1. The van der Waals surface area contributed by atoms with E-state index in [1.54, 1.807) is 11.1 Å². The van der Waals surface area contributed by atoms with E-state index in [4.69, 9.17) is 4.52 Å². The monoisotopic (exact) mass is 389 g/mol. The molecule has 1 aromatic carbocycles. The fraction of sp³-hybridized carbons (Fsp3) is 0.150. The molecular weight excluding hydrogens is 374 g/mol. The maximum atomic E-state index is 12.7. The molecule has 8 heteroatoms. The molecular formula is C20H15N5O2S. The number of hydrogen-bond acceptors (Lipinski definition) is 7. The van der Waals surface area contributed by atoms with Crippen molar-refractivity contribution in [3.63, 3.8) is 0 Å². The van der Waals surface area contributed by atoms with Crippen LogP contribution in [-0.2, 0) is 0 Å². The molecule has 1 fully saturated rings. The zero-order chi connectivity index (χ0) is 18.9. The summed E-state index contributed by atoms with van der Waals surface area (Å²) in [5.41, 5.74) is 2.16. The van der Waals surface area contributed by atoms with Gasteiger partial charge >= 0.3 is 0 Å². The number of carbonyl (C=O) groups is 1. The highest BCUT2D eigenvalue weighted by atomic mass is 32.1. The fourth-order valence-electron chi connectivity index (χ4n) is 3.05. The molecule has 0 unspecified atom stereocenters. The van der Waals surface area contributed by atoms with Gasteiger partial charge in [-0.1, -0.05) is 41.6 Å². The smallest absolute Gasteiger partial charge is 0.273 e. The molecule has 5 rings (SSSR count). The third kappa shape index (κ3) is 3.07. The van der Waals surface area contributed by atoms with Crippen LogP contribution >= 0.6 is 11.3 Å². The normalized spacial score (nSPS) is 14.1. The van der Waals surface area contributed by atoms with Crippen molar-refractivity contribution >= 4 is 17.2 Å². The number of aromatic nitrogens is 4. The van der Waals surface area contributed by atoms with Crippen molar-refractivity contribution in [2.75, 3.05) is 13.1 Å². The Morgan fingerprint density at radius 3 is 2.68 bits per heavy atom. The van der Waals surface area contributed by atoms with E-state index in [1.165, 1.54) is 11.3 Å². The summed E-state index contributed by atoms with van der Waals surface area (Å²) >= 11 is 1.47. The lowest BCUT2D eigenvalue weighted by Gasteiger charge is -2.36. The molecule has 0 spiro atoms. The largest absolute Gasteiger partial charge is 0.338 e. The van der Waals surface area contributed by atoms with E-state index in [0.29, 0.717) is 36.2 Å². The second-order valence-electron chi connectivity index (χ2n) is 6.48. The van der Waals surface area contributed by atoms with Gasteiger partial charge < -0.3 is 9.42 Å². The average Bonchev–Trinajstić information content (AvgIpc) is 3.38. The molecule has 0 aliphatic carbocycles. The number of rotatable bonds is 4. The molecule has 4 heterocycles. The molecule has 4 aromatic rings. The zero-order valence-electron chi connectivity index (χ0n) is 14.7. The van der Waals surface area contributed by atoms with E-state index in [2.05, 4.69) is 20.1 Å². The van der Waals surface area contributed by atoms with Crippen LogP contribution in [0.1, 0.15) is 22.3 Å². The first-order valence-corrected chi connectivity index (χ1v) is 9.71. The van der Waals surface area contributed by atoms with Crippen molar-refractivity contribution in [2.24, 2.45) is 0 Å². The van der Waals surface area contributed by atoms with Gasteiger partial charge in [-0.25, -0.2) is 4.98 Å². The van der Waals surface area contributed by atoms with Crippen LogP contribution in [0.2, 0.25) is 0 Å². The van der Waals surface area contributed by atoms with E-state index in [0.717, 1.165) is 10.6 Å². The molecule has 0 saturated carbocycles. The minimum absolute atomic E-state index is 0.0427. The van der Waals surface area contributed by atoms with Crippen molar-refractivity contribution < 1.29 is 9.32 Å². The fourth-order valence-corrected chi connectivity index (χ4v) is 3.85. The number of carbonyl (C=O) groups excluding carboxylic acids is 1. The first-order valence-electron chi connectivity index (χ1n) is 8.83. The van der Waals surface area contributed by atoms with E-state index in [9.17, 15) is 4.79 Å². The number of benzene rings is 1. The molecule has 1 amide bonds. The van der Waals surface area contributed by atoms with Gasteiger partial charge in [0.1, 0.15) is 16.4 Å². The maximum Gasteiger partial charge on any atom is 0.273 e. The van der Waals surface area contributed by atoms with E-state index in [1.807, 2.05) is 53.9 Å². The minimum Gasteiger partial charge on any atom is -0.338 e. The number of nitrogens with zero attached hydrogens (tertiary/aromatic N) is 5. The first-order chi connectivity index (χ1) is 13.8. The zero-order valence-corrected chi connectivity index (χ0v) is 15.5. The maximum absolute atomic E-state index is 12.7. The van der Waals surface area contributed by atoms with Gasteiger partial charge in [-0.05, 0) is 12.1 Å². The van der Waals surface area contributed by atoms with Crippen molar-refractivity contribution in [2.45, 2.75) is 5.92 Å². The van der Waals surface area contributed by atoms with Gasteiger partial charge in [-0.2, -0.15) is 4.98 Å². The summed E-state index contributed by atoms with van der Waals surface area (Å²) in [6.07, 6.45) is 1.69. The van der Waals surface area contributed by atoms with Gasteiger partial charge in [-0.15, -0.1) is 11.3 Å². The Labute approximate surface area is 164 Å². The minimum atomic E-state index is -0.0702. The Balaban J connectivity index is 1.24. The molecule has 0 radical (unpaired) electrons. The van der Waals surface area contributed by atoms with E-state index < -0.39 is 0 Å². The predicted molar refractivity (Wildman–Crippen MR) is 104 cm³/mol. The number of likely N-dealkylation sites (tertiary alicyclic amines) is 1. The highest BCUT2D eigenvalue weighted by molar-refractivity contribution is 7.13. The topological polar surface area (TPSA) is 85.0 Å². The van der Waals surface area contributed by atoms with Crippen LogP contribution in [-0.4, -0.2) is 44.0 Å². The summed E-state index contributed by atoms with van der Waals surface area (Å²) in [5, 5.41) is 6.65. The molecule has 0 bridgehead atoms. The standard InChI is InChI=1S/C20H15N5O2S/c26-20(16-12-28-19(22-16)13-6-2-1-3-7-13)25-10-14(11-25)18-23-17(24-27-18)15-8-4-5-9-21-15/h1-9,12,14H,10-11H2. The quantitative estimate of drug-likeness (QED) is 0.531. The molecule has 28 heavy (non-hydrogen) atoms. The molecule has 0 atom stereocenters. The highest BCUT2D eigenvalue weighted by Crippen LogP contribution is 2.30. The first kappa shape index (κ1) is 16.8. The summed E-state index contributed by atoms with van der Waals surface area (Å²) < 4.78 is 5.37. The third-order valence-electron chi connectivity index (χ3n) is 4.60. The number of hydrogen-bond donors (Lipinski definition) is 0. The Morgan fingerprint density at radius 2 is 1.89 bits per heavy atom. The van der Waals surface area contributed by atoms with Gasteiger partial charge in [0.05, 0.1) is 5.92 Å². The summed E-state index contributed by atoms with van der Waals surface area (Å²) in [4.78, 5) is 27.6. The van der Waals surface area contributed by atoms with Gasteiger partial charge in [0.2, 0.25) is 11.7 Å². The van der Waals surface area contributed by atoms with Crippen LogP contribution in [0.25, 0.3) is 22.1 Å². The second-order valence-corrected chi connectivity index (χ2v) is 7.34. The van der Waals surface area contributed by atoms with Crippen LogP contribution in [0.15, 0.2) is 64.6 Å². The Bertz CT molecular complexity index is 1100. The molecule has 1 aliphatic heterocycles. The van der Waals surface area contributed by atoms with Gasteiger partial charge in [-0.3, -0.25) is 9.78 Å². The molecule has 1 aliphatic rings. The SMILES string of the molecule is O=C(c1csc(-c2ccccc2)n1)N1CC(c2nc(-c3ccccn3)no2)C1. The Kier molecular flexibility index (Phi) is 4.17. The molecule has 7 nitrogen and oxygen atoms in total. The number of pyridine rings is 1. The van der Waals surface area contributed by atoms with Crippen LogP contribution in [0.5, 0.6) is 0 Å². The lowest BCUT2D eigenvalue weighted by Crippen LogP contribution is -2.48. The van der Waals surface area contributed by atoms with E-state index in [-0.39, 0.29) is 11.8 Å².